The number of hydrogen-bond acceptors (Lipinski definition) is 9. The van der Waals surface area contributed by atoms with E-state index < -0.39 is 11.9 Å². The SMILES string of the molecule is COC(=O)c1ccnc(C2CCOCC2)n1.O=C(O)c1ccnc(C2CCOCC2)n1. The van der Waals surface area contributed by atoms with Gasteiger partial charge in [-0.25, -0.2) is 29.5 Å². The standard InChI is InChI=1S/C11H14N2O3.C10H12N2O3/c1-15-11(14)9-2-5-12-10(13-9)8-3-6-16-7-4-8;13-10(14)8-1-4-11-9(12-8)7-2-5-15-6-3-7/h2,5,8H,3-4,6-7H2,1H3;1,4,7H,2-3,5-6H2,(H,13,14). The molecule has 4 rings (SSSR count). The lowest BCUT2D eigenvalue weighted by atomic mass is 9.99. The predicted molar refractivity (Wildman–Crippen MR) is 108 cm³/mol. The Balaban J connectivity index is 0.000000176. The second-order valence-electron chi connectivity index (χ2n) is 7.17. The summed E-state index contributed by atoms with van der Waals surface area (Å²) in [6.45, 7) is 2.86. The normalized spacial score (nSPS) is 17.3. The van der Waals surface area contributed by atoms with Crippen LogP contribution < -0.4 is 0 Å². The van der Waals surface area contributed by atoms with Gasteiger partial charge in [0.2, 0.25) is 0 Å². The average Bonchev–Trinajstić information content (AvgIpc) is 2.85. The summed E-state index contributed by atoms with van der Waals surface area (Å²) >= 11 is 0. The summed E-state index contributed by atoms with van der Waals surface area (Å²) in [5.74, 6) is 0.433. The maximum absolute atomic E-state index is 11.3. The van der Waals surface area contributed by atoms with Crippen LogP contribution in [0.25, 0.3) is 0 Å². The topological polar surface area (TPSA) is 134 Å². The molecule has 2 aromatic heterocycles. The van der Waals surface area contributed by atoms with Crippen molar-refractivity contribution >= 4 is 11.9 Å². The lowest BCUT2D eigenvalue weighted by molar-refractivity contribution is 0.0591. The van der Waals surface area contributed by atoms with E-state index in [4.69, 9.17) is 14.6 Å². The number of aromatic nitrogens is 4. The van der Waals surface area contributed by atoms with Gasteiger partial charge in [0.1, 0.15) is 11.6 Å². The number of carboxylic acids is 1. The van der Waals surface area contributed by atoms with Crippen LogP contribution in [0.3, 0.4) is 0 Å². The van der Waals surface area contributed by atoms with Gasteiger partial charge in [-0.05, 0) is 37.8 Å². The van der Waals surface area contributed by atoms with Crippen LogP contribution in [0.5, 0.6) is 0 Å². The van der Waals surface area contributed by atoms with Crippen molar-refractivity contribution in [3.8, 4) is 0 Å². The molecule has 0 bridgehead atoms. The summed E-state index contributed by atoms with van der Waals surface area (Å²) in [4.78, 5) is 38.6. The minimum atomic E-state index is -1.01. The van der Waals surface area contributed by atoms with Gasteiger partial charge in [-0.1, -0.05) is 0 Å². The Labute approximate surface area is 180 Å². The van der Waals surface area contributed by atoms with Gasteiger partial charge in [0.05, 0.1) is 7.11 Å². The summed E-state index contributed by atoms with van der Waals surface area (Å²) in [6.07, 6.45) is 6.65. The van der Waals surface area contributed by atoms with Crippen LogP contribution in [0, 0.1) is 0 Å². The highest BCUT2D eigenvalue weighted by Crippen LogP contribution is 2.24. The summed E-state index contributed by atoms with van der Waals surface area (Å²) in [6, 6.07) is 2.97. The Bertz CT molecular complexity index is 882. The van der Waals surface area contributed by atoms with Gasteiger partial charge in [-0.15, -0.1) is 0 Å². The smallest absolute Gasteiger partial charge is 0.356 e. The molecule has 1 N–H and O–H groups in total. The molecular formula is C21H26N4O6. The molecule has 0 saturated carbocycles. The molecule has 31 heavy (non-hydrogen) atoms. The van der Waals surface area contributed by atoms with Crippen LogP contribution >= 0.6 is 0 Å². The van der Waals surface area contributed by atoms with Gasteiger partial charge in [0.25, 0.3) is 0 Å². The predicted octanol–water partition coefficient (Wildman–Crippen LogP) is 2.23. The summed E-state index contributed by atoms with van der Waals surface area (Å²) in [5, 5.41) is 8.79. The molecule has 0 aliphatic carbocycles. The fourth-order valence-electron chi connectivity index (χ4n) is 3.39. The molecule has 0 aromatic carbocycles. The van der Waals surface area contributed by atoms with Crippen LogP contribution in [-0.4, -0.2) is 70.5 Å². The van der Waals surface area contributed by atoms with Crippen molar-refractivity contribution in [3.63, 3.8) is 0 Å². The maximum Gasteiger partial charge on any atom is 0.356 e. The summed E-state index contributed by atoms with van der Waals surface area (Å²) in [5.41, 5.74) is 0.380. The largest absolute Gasteiger partial charge is 0.477 e. The molecule has 166 valence electrons. The first-order chi connectivity index (χ1) is 15.1. The third-order valence-electron chi connectivity index (χ3n) is 5.13. The zero-order chi connectivity index (χ0) is 22.1. The van der Waals surface area contributed by atoms with Crippen LogP contribution in [0.1, 0.15) is 70.1 Å². The van der Waals surface area contributed by atoms with E-state index in [0.717, 1.165) is 38.9 Å². The van der Waals surface area contributed by atoms with Crippen LogP contribution in [-0.2, 0) is 14.2 Å². The van der Waals surface area contributed by atoms with Crippen molar-refractivity contribution in [2.45, 2.75) is 37.5 Å². The van der Waals surface area contributed by atoms with Crippen LogP contribution in [0.4, 0.5) is 0 Å². The summed E-state index contributed by atoms with van der Waals surface area (Å²) < 4.78 is 15.1. The summed E-state index contributed by atoms with van der Waals surface area (Å²) in [7, 11) is 1.35. The molecule has 4 heterocycles. The van der Waals surface area contributed by atoms with E-state index in [1.54, 1.807) is 12.3 Å². The van der Waals surface area contributed by atoms with Gasteiger partial charge < -0.3 is 19.3 Å². The van der Waals surface area contributed by atoms with E-state index in [1.807, 2.05) is 0 Å². The molecule has 2 saturated heterocycles. The Kier molecular flexibility index (Phi) is 8.36. The van der Waals surface area contributed by atoms with E-state index in [-0.39, 0.29) is 11.6 Å². The number of hydrogen-bond donors (Lipinski definition) is 1. The minimum absolute atomic E-state index is 0.0616. The highest BCUT2D eigenvalue weighted by molar-refractivity contribution is 5.87. The zero-order valence-electron chi connectivity index (χ0n) is 17.4. The molecule has 2 aliphatic heterocycles. The number of carbonyl (C=O) groups is 2. The van der Waals surface area contributed by atoms with Gasteiger partial charge >= 0.3 is 11.9 Å². The number of aromatic carboxylic acids is 1. The second-order valence-corrected chi connectivity index (χ2v) is 7.17. The first-order valence-corrected chi connectivity index (χ1v) is 10.2. The number of methoxy groups -OCH3 is 1. The monoisotopic (exact) mass is 430 g/mol. The van der Waals surface area contributed by atoms with Crippen molar-refractivity contribution in [2.75, 3.05) is 33.5 Å². The molecule has 0 amide bonds. The van der Waals surface area contributed by atoms with Crippen molar-refractivity contribution in [1.82, 2.24) is 19.9 Å². The molecule has 2 aromatic rings. The van der Waals surface area contributed by atoms with E-state index in [0.29, 0.717) is 36.5 Å². The Hall–Kier alpha value is -2.98. The van der Waals surface area contributed by atoms with Crippen LogP contribution in [0.15, 0.2) is 24.5 Å². The van der Waals surface area contributed by atoms with E-state index in [9.17, 15) is 9.59 Å². The molecule has 2 aliphatic rings. The zero-order valence-corrected chi connectivity index (χ0v) is 17.4. The third-order valence-corrected chi connectivity index (χ3v) is 5.13. The van der Waals surface area contributed by atoms with Gasteiger partial charge in [0.15, 0.2) is 11.4 Å². The molecule has 0 spiro atoms. The van der Waals surface area contributed by atoms with E-state index in [2.05, 4.69) is 24.7 Å². The van der Waals surface area contributed by atoms with Crippen LogP contribution in [0.2, 0.25) is 0 Å². The fourth-order valence-corrected chi connectivity index (χ4v) is 3.39. The Morgan fingerprint density at radius 2 is 1.32 bits per heavy atom. The van der Waals surface area contributed by atoms with Gasteiger partial charge in [0, 0.05) is 50.7 Å². The number of rotatable bonds is 4. The maximum atomic E-state index is 11.3. The molecule has 10 nitrogen and oxygen atoms in total. The number of nitrogens with zero attached hydrogens (tertiary/aromatic N) is 4. The first kappa shape index (κ1) is 22.7. The highest BCUT2D eigenvalue weighted by atomic mass is 16.5. The fraction of sp³-hybridized carbons (Fsp3) is 0.524. The molecule has 2 fully saturated rings. The third kappa shape index (κ3) is 6.50. The molecular weight excluding hydrogens is 404 g/mol. The number of esters is 1. The number of ether oxygens (including phenoxy) is 3. The van der Waals surface area contributed by atoms with Crippen molar-refractivity contribution < 1.29 is 28.9 Å². The Morgan fingerprint density at radius 3 is 1.77 bits per heavy atom. The molecule has 10 heteroatoms. The van der Waals surface area contributed by atoms with Crippen molar-refractivity contribution in [1.29, 1.82) is 0 Å². The van der Waals surface area contributed by atoms with Gasteiger partial charge in [-0.3, -0.25) is 0 Å². The Morgan fingerprint density at radius 1 is 0.871 bits per heavy atom. The van der Waals surface area contributed by atoms with E-state index >= 15 is 0 Å². The lowest BCUT2D eigenvalue weighted by Crippen LogP contribution is -2.17. The molecule has 0 unspecified atom stereocenters. The first-order valence-electron chi connectivity index (χ1n) is 10.2. The van der Waals surface area contributed by atoms with Crippen molar-refractivity contribution in [2.24, 2.45) is 0 Å². The average molecular weight is 430 g/mol. The number of carbonyl (C=O) groups excluding carboxylic acids is 1. The molecule has 0 atom stereocenters. The van der Waals surface area contributed by atoms with Gasteiger partial charge in [-0.2, -0.15) is 0 Å². The highest BCUT2D eigenvalue weighted by Gasteiger charge is 2.20. The number of carboxylic acid groups (broad SMARTS) is 1. The quantitative estimate of drug-likeness (QED) is 0.720. The minimum Gasteiger partial charge on any atom is -0.477 e. The lowest BCUT2D eigenvalue weighted by Gasteiger charge is -2.20. The van der Waals surface area contributed by atoms with E-state index in [1.165, 1.54) is 19.4 Å². The van der Waals surface area contributed by atoms with Crippen molar-refractivity contribution in [3.05, 3.63) is 47.6 Å². The molecule has 0 radical (unpaired) electrons. The second kappa shape index (κ2) is 11.4.